The van der Waals surface area contributed by atoms with Gasteiger partial charge in [0, 0.05) is 0 Å². The Hall–Kier alpha value is 0.0969. The fourth-order valence-corrected chi connectivity index (χ4v) is 0.173. The zero-order chi connectivity index (χ0) is 4.99. The highest BCUT2D eigenvalue weighted by molar-refractivity contribution is 6.49. The van der Waals surface area contributed by atoms with E-state index in [0.717, 1.165) is 0 Å². The Morgan fingerprint density at radius 2 is 1.50 bits per heavy atom. The summed E-state index contributed by atoms with van der Waals surface area (Å²) in [6.07, 6.45) is -0.451. The molecule has 6 heavy (non-hydrogen) atoms. The molecule has 0 radical (unpaired) electrons. The topological polar surface area (TPSA) is 60.7 Å². The van der Waals surface area contributed by atoms with Gasteiger partial charge in [-0.25, -0.2) is 0 Å². The maximum atomic E-state index is 8.31. The molecule has 4 heteroatoms. The molecule has 0 fully saturated rings. The highest BCUT2D eigenvalue weighted by Gasteiger charge is 1.98. The zero-order valence-corrected chi connectivity index (χ0v) is 4.49. The first-order valence-electron chi connectivity index (χ1n) is 1.71. The molecule has 0 atom stereocenters. The van der Waals surface area contributed by atoms with Gasteiger partial charge in [-0.3, -0.25) is 0 Å². The monoisotopic (exact) mass is 108 g/mol. The summed E-state index contributed by atoms with van der Waals surface area (Å²) in [4.78, 5) is 8.31. The first kappa shape index (κ1) is 6.10. The zero-order valence-electron chi connectivity index (χ0n) is 3.33. The van der Waals surface area contributed by atoms with Crippen molar-refractivity contribution < 1.29 is 15.0 Å². The van der Waals surface area contributed by atoms with Crippen molar-refractivity contribution in [3.05, 3.63) is 0 Å². The maximum absolute atomic E-state index is 8.31. The summed E-state index contributed by atoms with van der Waals surface area (Å²) in [5.74, 6) is 0. The van der Waals surface area contributed by atoms with Crippen LogP contribution in [0.2, 0.25) is 0 Å². The Morgan fingerprint density at radius 1 is 1.17 bits per heavy atom. The van der Waals surface area contributed by atoms with Crippen LogP contribution < -0.4 is 0 Å². The molecular weight excluding hydrogens is 100 g/mol. The molecular formula is C2H8O3Si. The molecule has 0 aromatic carbocycles. The van der Waals surface area contributed by atoms with Crippen LogP contribution in [0.25, 0.3) is 0 Å². The van der Waals surface area contributed by atoms with Gasteiger partial charge in [0.05, 0.1) is 12.5 Å². The van der Waals surface area contributed by atoms with E-state index >= 15 is 0 Å². The third-order valence-corrected chi connectivity index (χ3v) is 1.26. The highest BCUT2D eigenvalue weighted by atomic mass is 28.3. The van der Waals surface area contributed by atoms with Crippen LogP contribution in [0.3, 0.4) is 0 Å². The summed E-state index contributed by atoms with van der Waals surface area (Å²) in [6.45, 7) is 0. The van der Waals surface area contributed by atoms with Gasteiger partial charge in [0.15, 0.2) is 0 Å². The summed E-state index contributed by atoms with van der Waals surface area (Å²) in [6, 6.07) is 0. The summed E-state index contributed by atoms with van der Waals surface area (Å²) in [5, 5.41) is 16.0. The summed E-state index contributed by atoms with van der Waals surface area (Å²) < 4.78 is 0. The van der Waals surface area contributed by atoms with Gasteiger partial charge in [-0.15, -0.1) is 0 Å². The van der Waals surface area contributed by atoms with Gasteiger partial charge >= 0.3 is 0 Å². The lowest BCUT2D eigenvalue weighted by molar-refractivity contribution is 0.296. The van der Waals surface area contributed by atoms with Crippen LogP contribution in [0.5, 0.6) is 0 Å². The summed E-state index contributed by atoms with van der Waals surface area (Å²) in [5.41, 5.74) is 0. The van der Waals surface area contributed by atoms with E-state index in [1.807, 2.05) is 0 Å². The van der Waals surface area contributed by atoms with Crippen LogP contribution in [0.1, 0.15) is 0 Å². The van der Waals surface area contributed by atoms with Gasteiger partial charge < -0.3 is 15.0 Å². The van der Waals surface area contributed by atoms with Crippen LogP contribution in [0.4, 0.5) is 0 Å². The molecule has 0 spiro atoms. The predicted molar refractivity (Wildman–Crippen MR) is 23.5 cm³/mol. The van der Waals surface area contributed by atoms with Crippen molar-refractivity contribution >= 4 is 9.04 Å². The number of rotatable bonds is 2. The Labute approximate surface area is 37.6 Å². The molecule has 0 aliphatic rings. The maximum Gasteiger partial charge on any atom is 0.222 e. The Bertz CT molecular complexity index is 28.0. The molecule has 0 saturated carbocycles. The first-order valence-corrected chi connectivity index (χ1v) is 3.86. The van der Waals surface area contributed by atoms with Crippen molar-refractivity contribution in [3.8, 4) is 0 Å². The standard InChI is InChI=1S/C2H8O3Si/c3-1-6(5)2-4/h3-6H,1-2H2. The molecule has 0 unspecified atom stereocenters. The van der Waals surface area contributed by atoms with E-state index in [4.69, 9.17) is 15.0 Å². The van der Waals surface area contributed by atoms with E-state index < -0.39 is 9.04 Å². The predicted octanol–water partition coefficient (Wildman–Crippen LogP) is -2.23. The minimum Gasteiger partial charge on any atom is -0.430 e. The third kappa shape index (κ3) is 2.34. The highest BCUT2D eigenvalue weighted by Crippen LogP contribution is 1.64. The normalized spacial score (nSPS) is 10.0. The molecule has 0 amide bonds. The van der Waals surface area contributed by atoms with Crippen molar-refractivity contribution in [2.24, 2.45) is 0 Å². The molecule has 0 aromatic heterocycles. The van der Waals surface area contributed by atoms with Gasteiger partial charge in [-0.05, 0) is 0 Å². The summed E-state index contributed by atoms with van der Waals surface area (Å²) in [7, 11) is -2.05. The fourth-order valence-electron chi connectivity index (χ4n) is 0.0577. The fraction of sp³-hybridized carbons (Fsp3) is 1.00. The van der Waals surface area contributed by atoms with Gasteiger partial charge in [0.2, 0.25) is 9.04 Å². The lowest BCUT2D eigenvalue weighted by atomic mass is 11.7. The van der Waals surface area contributed by atoms with E-state index in [2.05, 4.69) is 0 Å². The Kier molecular flexibility index (Phi) is 3.35. The molecule has 3 nitrogen and oxygen atoms in total. The van der Waals surface area contributed by atoms with Crippen LogP contribution in [-0.4, -0.2) is 36.5 Å². The van der Waals surface area contributed by atoms with Gasteiger partial charge in [-0.2, -0.15) is 0 Å². The van der Waals surface area contributed by atoms with E-state index in [1.54, 1.807) is 0 Å². The van der Waals surface area contributed by atoms with Crippen LogP contribution in [-0.2, 0) is 0 Å². The number of hydrogen-bond donors (Lipinski definition) is 3. The molecule has 0 saturated heterocycles. The minimum absolute atomic E-state index is 0.226. The van der Waals surface area contributed by atoms with Crippen molar-refractivity contribution in [2.75, 3.05) is 12.5 Å². The average Bonchev–Trinajstić information content (AvgIpc) is 1.65. The molecule has 0 aliphatic heterocycles. The second-order valence-electron chi connectivity index (χ2n) is 1.02. The SMILES string of the molecule is OC[SiH](O)CO. The van der Waals surface area contributed by atoms with Crippen LogP contribution in [0.15, 0.2) is 0 Å². The molecule has 0 rings (SSSR count). The second kappa shape index (κ2) is 3.29. The number of aliphatic hydroxyl groups is 2. The molecule has 38 valence electrons. The average molecular weight is 108 g/mol. The molecule has 3 N–H and O–H groups in total. The van der Waals surface area contributed by atoms with Gasteiger partial charge in [0.25, 0.3) is 0 Å². The van der Waals surface area contributed by atoms with Gasteiger partial charge in [0.1, 0.15) is 0 Å². The van der Waals surface area contributed by atoms with Crippen LogP contribution >= 0.6 is 0 Å². The quantitative estimate of drug-likeness (QED) is 0.351. The van der Waals surface area contributed by atoms with Crippen molar-refractivity contribution in [2.45, 2.75) is 0 Å². The van der Waals surface area contributed by atoms with E-state index in [9.17, 15) is 0 Å². The molecule has 0 heterocycles. The molecule has 0 aromatic rings. The lowest BCUT2D eigenvalue weighted by Gasteiger charge is -1.93. The first-order chi connectivity index (χ1) is 2.81. The second-order valence-corrected chi connectivity index (χ2v) is 3.06. The van der Waals surface area contributed by atoms with Crippen molar-refractivity contribution in [1.29, 1.82) is 0 Å². The minimum atomic E-state index is -2.05. The smallest absolute Gasteiger partial charge is 0.222 e. The van der Waals surface area contributed by atoms with Crippen LogP contribution in [0, 0.1) is 0 Å². The van der Waals surface area contributed by atoms with E-state index in [0.29, 0.717) is 0 Å². The summed E-state index contributed by atoms with van der Waals surface area (Å²) >= 11 is 0. The number of aliphatic hydroxyl groups excluding tert-OH is 2. The molecule has 0 bridgehead atoms. The van der Waals surface area contributed by atoms with E-state index in [-0.39, 0.29) is 12.5 Å². The van der Waals surface area contributed by atoms with Crippen molar-refractivity contribution in [1.82, 2.24) is 0 Å². The largest absolute Gasteiger partial charge is 0.430 e. The molecule has 0 aliphatic carbocycles. The Balaban J connectivity index is 2.75. The van der Waals surface area contributed by atoms with Gasteiger partial charge in [-0.1, -0.05) is 0 Å². The third-order valence-electron chi connectivity index (χ3n) is 0.421. The number of hydrogen-bond acceptors (Lipinski definition) is 3. The lowest BCUT2D eigenvalue weighted by Crippen LogP contribution is -2.22. The van der Waals surface area contributed by atoms with Crippen molar-refractivity contribution in [3.63, 3.8) is 0 Å². The Morgan fingerprint density at radius 3 is 1.50 bits per heavy atom. The van der Waals surface area contributed by atoms with E-state index in [1.165, 1.54) is 0 Å².